The molecule has 0 atom stereocenters. The minimum Gasteiger partial charge on any atom is -0.485 e. The number of hydrogen-bond acceptors (Lipinski definition) is 4. The summed E-state index contributed by atoms with van der Waals surface area (Å²) in [5, 5.41) is 0. The van der Waals surface area contributed by atoms with E-state index in [9.17, 15) is 4.79 Å². The lowest BCUT2D eigenvalue weighted by atomic mass is 10.2. The van der Waals surface area contributed by atoms with Crippen LogP contribution in [0.25, 0.3) is 0 Å². The second-order valence-corrected chi connectivity index (χ2v) is 4.50. The van der Waals surface area contributed by atoms with Gasteiger partial charge in [0.2, 0.25) is 0 Å². The van der Waals surface area contributed by atoms with E-state index in [1.54, 1.807) is 31.4 Å². The highest BCUT2D eigenvalue weighted by Gasteiger charge is 2.08. The maximum absolute atomic E-state index is 11.7. The van der Waals surface area contributed by atoms with Crippen LogP contribution in [0, 0.1) is 0 Å². The summed E-state index contributed by atoms with van der Waals surface area (Å²) in [4.78, 5) is 11.7. The summed E-state index contributed by atoms with van der Waals surface area (Å²) in [7, 11) is 1.56. The molecule has 0 aliphatic heterocycles. The van der Waals surface area contributed by atoms with Gasteiger partial charge in [-0.05, 0) is 17.7 Å². The zero-order chi connectivity index (χ0) is 15.6. The Morgan fingerprint density at radius 3 is 2.41 bits per heavy atom. The van der Waals surface area contributed by atoms with Gasteiger partial charge < -0.3 is 14.2 Å². The van der Waals surface area contributed by atoms with E-state index in [4.69, 9.17) is 14.2 Å². The van der Waals surface area contributed by atoms with E-state index in [1.165, 1.54) is 6.08 Å². The summed E-state index contributed by atoms with van der Waals surface area (Å²) in [6.07, 6.45) is 2.92. The fraction of sp³-hybridized carbons (Fsp3) is 0.167. The Morgan fingerprint density at radius 1 is 1.00 bits per heavy atom. The molecule has 4 heteroatoms. The number of ether oxygens (including phenoxy) is 3. The number of carbonyl (C=O) groups excluding carboxylic acids is 1. The standard InChI is InChI=1S/C18H18O4/c1-20-13-7-12-18(19)22-17-11-6-5-10-16(17)21-14-15-8-3-2-4-9-15/h2-12H,13-14H2,1H3/b12-7+. The fourth-order valence-electron chi connectivity index (χ4n) is 1.77. The number of rotatable bonds is 7. The average molecular weight is 298 g/mol. The van der Waals surface area contributed by atoms with Crippen molar-refractivity contribution >= 4 is 5.97 Å². The van der Waals surface area contributed by atoms with Crippen molar-refractivity contribution in [2.45, 2.75) is 6.61 Å². The zero-order valence-electron chi connectivity index (χ0n) is 12.4. The lowest BCUT2D eigenvalue weighted by molar-refractivity contribution is -0.129. The van der Waals surface area contributed by atoms with Crippen LogP contribution in [0.4, 0.5) is 0 Å². The minimum atomic E-state index is -0.465. The molecule has 0 bridgehead atoms. The molecule has 22 heavy (non-hydrogen) atoms. The summed E-state index contributed by atoms with van der Waals surface area (Å²) < 4.78 is 15.8. The molecule has 0 N–H and O–H groups in total. The van der Waals surface area contributed by atoms with Crippen LogP contribution in [-0.4, -0.2) is 19.7 Å². The highest BCUT2D eigenvalue weighted by molar-refractivity contribution is 5.84. The fourth-order valence-corrected chi connectivity index (χ4v) is 1.77. The molecule has 0 amide bonds. The van der Waals surface area contributed by atoms with Gasteiger partial charge >= 0.3 is 5.97 Å². The third-order valence-electron chi connectivity index (χ3n) is 2.81. The number of hydrogen-bond donors (Lipinski definition) is 0. The molecule has 0 fully saturated rings. The van der Waals surface area contributed by atoms with Crippen LogP contribution in [0.15, 0.2) is 66.7 Å². The van der Waals surface area contributed by atoms with Crippen LogP contribution in [0.1, 0.15) is 5.56 Å². The molecule has 0 saturated carbocycles. The van der Waals surface area contributed by atoms with Crippen molar-refractivity contribution < 1.29 is 19.0 Å². The Kier molecular flexibility index (Phi) is 6.20. The van der Waals surface area contributed by atoms with Crippen molar-refractivity contribution in [3.8, 4) is 11.5 Å². The Morgan fingerprint density at radius 2 is 1.68 bits per heavy atom. The molecule has 2 rings (SSSR count). The van der Waals surface area contributed by atoms with E-state index in [0.29, 0.717) is 24.7 Å². The molecule has 0 aromatic heterocycles. The van der Waals surface area contributed by atoms with Gasteiger partial charge in [-0.3, -0.25) is 0 Å². The second-order valence-electron chi connectivity index (χ2n) is 4.50. The summed E-state index contributed by atoms with van der Waals surface area (Å²) in [6.45, 7) is 0.774. The van der Waals surface area contributed by atoms with Gasteiger partial charge in [0.1, 0.15) is 6.61 Å². The number of methoxy groups -OCH3 is 1. The maximum Gasteiger partial charge on any atom is 0.336 e. The third-order valence-corrected chi connectivity index (χ3v) is 2.81. The summed E-state index contributed by atoms with van der Waals surface area (Å²) in [6, 6.07) is 16.9. The summed E-state index contributed by atoms with van der Waals surface area (Å²) in [5.41, 5.74) is 1.05. The molecule has 0 aliphatic rings. The minimum absolute atomic E-state index is 0.362. The number of benzene rings is 2. The van der Waals surface area contributed by atoms with Crippen LogP contribution >= 0.6 is 0 Å². The lowest BCUT2D eigenvalue weighted by Crippen LogP contribution is -2.06. The van der Waals surface area contributed by atoms with Crippen LogP contribution < -0.4 is 9.47 Å². The van der Waals surface area contributed by atoms with Gasteiger partial charge in [-0.15, -0.1) is 0 Å². The van der Waals surface area contributed by atoms with Crippen molar-refractivity contribution in [3.05, 3.63) is 72.3 Å². The molecule has 0 aliphatic carbocycles. The van der Waals surface area contributed by atoms with E-state index in [0.717, 1.165) is 5.56 Å². The maximum atomic E-state index is 11.7. The first-order valence-corrected chi connectivity index (χ1v) is 6.92. The molecule has 0 unspecified atom stereocenters. The SMILES string of the molecule is COC/C=C/C(=O)Oc1ccccc1OCc1ccccc1. The highest BCUT2D eigenvalue weighted by Crippen LogP contribution is 2.27. The Labute approximate surface area is 129 Å². The van der Waals surface area contributed by atoms with E-state index in [2.05, 4.69) is 0 Å². The van der Waals surface area contributed by atoms with E-state index < -0.39 is 5.97 Å². The van der Waals surface area contributed by atoms with Gasteiger partial charge in [-0.2, -0.15) is 0 Å². The molecule has 0 radical (unpaired) electrons. The first-order valence-electron chi connectivity index (χ1n) is 6.92. The number of para-hydroxylation sites is 2. The van der Waals surface area contributed by atoms with Gasteiger partial charge in [-0.25, -0.2) is 4.79 Å². The predicted octanol–water partition coefficient (Wildman–Crippen LogP) is 3.37. The van der Waals surface area contributed by atoms with Gasteiger partial charge in [0.15, 0.2) is 11.5 Å². The second kappa shape index (κ2) is 8.64. The van der Waals surface area contributed by atoms with Gasteiger partial charge in [0, 0.05) is 13.2 Å². The first-order chi connectivity index (χ1) is 10.8. The van der Waals surface area contributed by atoms with Crippen molar-refractivity contribution in [1.82, 2.24) is 0 Å². The molecule has 2 aromatic carbocycles. The lowest BCUT2D eigenvalue weighted by Gasteiger charge is -2.10. The number of esters is 1. The summed E-state index contributed by atoms with van der Waals surface area (Å²) >= 11 is 0. The number of carbonyl (C=O) groups is 1. The van der Waals surface area contributed by atoms with E-state index >= 15 is 0 Å². The molecule has 0 heterocycles. The van der Waals surface area contributed by atoms with Crippen molar-refractivity contribution in [2.24, 2.45) is 0 Å². The van der Waals surface area contributed by atoms with Gasteiger partial charge in [0.05, 0.1) is 6.61 Å². The molecular weight excluding hydrogens is 280 g/mol. The van der Waals surface area contributed by atoms with Crippen LogP contribution in [0.2, 0.25) is 0 Å². The topological polar surface area (TPSA) is 44.8 Å². The highest BCUT2D eigenvalue weighted by atomic mass is 16.6. The third kappa shape index (κ3) is 5.07. The van der Waals surface area contributed by atoms with Crippen molar-refractivity contribution in [1.29, 1.82) is 0 Å². The monoisotopic (exact) mass is 298 g/mol. The van der Waals surface area contributed by atoms with Crippen molar-refractivity contribution in [2.75, 3.05) is 13.7 Å². The van der Waals surface area contributed by atoms with Crippen LogP contribution in [0.3, 0.4) is 0 Å². The van der Waals surface area contributed by atoms with Gasteiger partial charge in [-0.1, -0.05) is 48.5 Å². The first kappa shape index (κ1) is 15.8. The molecule has 0 saturated heterocycles. The Bertz CT molecular complexity index is 620. The molecule has 0 spiro atoms. The van der Waals surface area contributed by atoms with Crippen molar-refractivity contribution in [3.63, 3.8) is 0 Å². The van der Waals surface area contributed by atoms with E-state index in [-0.39, 0.29) is 0 Å². The average Bonchev–Trinajstić information content (AvgIpc) is 2.55. The Hall–Kier alpha value is -2.59. The molecule has 114 valence electrons. The smallest absolute Gasteiger partial charge is 0.336 e. The summed E-state index contributed by atoms with van der Waals surface area (Å²) in [5.74, 6) is 0.457. The Balaban J connectivity index is 1.99. The zero-order valence-corrected chi connectivity index (χ0v) is 12.4. The van der Waals surface area contributed by atoms with Crippen LogP contribution in [0.5, 0.6) is 11.5 Å². The van der Waals surface area contributed by atoms with Gasteiger partial charge in [0.25, 0.3) is 0 Å². The largest absolute Gasteiger partial charge is 0.485 e. The molecule has 2 aromatic rings. The van der Waals surface area contributed by atoms with Crippen LogP contribution in [-0.2, 0) is 16.1 Å². The molecule has 4 nitrogen and oxygen atoms in total. The van der Waals surface area contributed by atoms with E-state index in [1.807, 2.05) is 36.4 Å². The quantitative estimate of drug-likeness (QED) is 0.446. The molecular formula is C18H18O4. The predicted molar refractivity (Wildman–Crippen MR) is 83.9 cm³/mol. The normalized spacial score (nSPS) is 10.6.